The minimum absolute atomic E-state index is 0.0910. The first-order valence-electron chi connectivity index (χ1n) is 3.38. The van der Waals surface area contributed by atoms with Crippen molar-refractivity contribution in [3.05, 3.63) is 35.4 Å². The van der Waals surface area contributed by atoms with Crippen molar-refractivity contribution in [2.45, 2.75) is 0 Å². The molecule has 2 N–H and O–H groups in total. The molecule has 62 valence electrons. The molecule has 0 saturated heterocycles. The number of benzene rings is 1. The summed E-state index contributed by atoms with van der Waals surface area (Å²) in [5.41, 5.74) is 4.84. The van der Waals surface area contributed by atoms with E-state index < -0.39 is 11.6 Å². The summed E-state index contributed by atoms with van der Waals surface area (Å²) in [6.07, 6.45) is 0. The summed E-state index contributed by atoms with van der Waals surface area (Å²) in [5, 5.41) is 0. The minimum Gasteiger partial charge on any atom is -0.320 e. The van der Waals surface area contributed by atoms with Gasteiger partial charge in [-0.3, -0.25) is 0 Å². The van der Waals surface area contributed by atoms with Gasteiger partial charge in [-0.15, -0.1) is 0 Å². The van der Waals surface area contributed by atoms with Crippen molar-refractivity contribution < 1.29 is 8.78 Å². The minimum atomic E-state index is -0.657. The molecule has 3 heteroatoms. The summed E-state index contributed by atoms with van der Waals surface area (Å²) in [5.74, 6) is 3.39. The van der Waals surface area contributed by atoms with Gasteiger partial charge in [0.25, 0.3) is 0 Å². The second kappa shape index (κ2) is 3.84. The largest absolute Gasteiger partial charge is 0.320 e. The Labute approximate surface area is 69.2 Å². The summed E-state index contributed by atoms with van der Waals surface area (Å²) < 4.78 is 25.6. The van der Waals surface area contributed by atoms with Crippen molar-refractivity contribution in [3.63, 3.8) is 0 Å². The molecule has 1 aromatic carbocycles. The maximum atomic E-state index is 12.8. The van der Waals surface area contributed by atoms with Crippen molar-refractivity contribution in [1.29, 1.82) is 0 Å². The molecule has 1 nitrogen and oxygen atoms in total. The average molecular weight is 167 g/mol. The van der Waals surface area contributed by atoms with E-state index in [0.29, 0.717) is 0 Å². The molecule has 0 bridgehead atoms. The Balaban J connectivity index is 3.13. The first kappa shape index (κ1) is 8.69. The molecule has 1 rings (SSSR count). The molecule has 0 spiro atoms. The SMILES string of the molecule is NCC#Cc1c(F)cccc1F. The lowest BCUT2D eigenvalue weighted by Crippen LogP contribution is -1.95. The van der Waals surface area contributed by atoms with Crippen LogP contribution in [0.5, 0.6) is 0 Å². The van der Waals surface area contributed by atoms with Gasteiger partial charge in [0.2, 0.25) is 0 Å². The topological polar surface area (TPSA) is 26.0 Å². The molecule has 0 aliphatic carbocycles. The van der Waals surface area contributed by atoms with Gasteiger partial charge in [-0.05, 0) is 12.1 Å². The van der Waals surface area contributed by atoms with Crippen molar-refractivity contribution >= 4 is 0 Å². The normalized spacial score (nSPS) is 8.92. The Morgan fingerprint density at radius 2 is 1.83 bits per heavy atom. The van der Waals surface area contributed by atoms with Crippen LogP contribution < -0.4 is 5.73 Å². The summed E-state index contributed by atoms with van der Waals surface area (Å²) in [6.45, 7) is 0.0910. The van der Waals surface area contributed by atoms with Gasteiger partial charge in [0, 0.05) is 0 Å². The highest BCUT2D eigenvalue weighted by Gasteiger charge is 2.03. The fourth-order valence-electron chi connectivity index (χ4n) is 0.757. The average Bonchev–Trinajstić information content (AvgIpc) is 2.04. The van der Waals surface area contributed by atoms with Gasteiger partial charge in [-0.25, -0.2) is 8.78 Å². The van der Waals surface area contributed by atoms with Crippen LogP contribution in [0, 0.1) is 23.5 Å². The predicted molar refractivity (Wildman–Crippen MR) is 42.3 cm³/mol. The highest BCUT2D eigenvalue weighted by Crippen LogP contribution is 2.09. The van der Waals surface area contributed by atoms with Gasteiger partial charge in [-0.2, -0.15) is 0 Å². The van der Waals surface area contributed by atoms with E-state index in [9.17, 15) is 8.78 Å². The van der Waals surface area contributed by atoms with Crippen LogP contribution in [-0.2, 0) is 0 Å². The maximum absolute atomic E-state index is 12.8. The van der Waals surface area contributed by atoms with Gasteiger partial charge in [0.15, 0.2) is 0 Å². The van der Waals surface area contributed by atoms with Crippen LogP contribution in [0.1, 0.15) is 5.56 Å². The molecule has 0 unspecified atom stereocenters. The van der Waals surface area contributed by atoms with E-state index in [1.54, 1.807) is 0 Å². The molecular weight excluding hydrogens is 160 g/mol. The summed E-state index contributed by atoms with van der Waals surface area (Å²) in [4.78, 5) is 0. The zero-order chi connectivity index (χ0) is 8.97. The third kappa shape index (κ3) is 1.80. The van der Waals surface area contributed by atoms with Crippen molar-refractivity contribution in [1.82, 2.24) is 0 Å². The summed E-state index contributed by atoms with van der Waals surface area (Å²) in [7, 11) is 0. The first-order valence-corrected chi connectivity index (χ1v) is 3.38. The molecule has 0 fully saturated rings. The van der Waals surface area contributed by atoms with Crippen molar-refractivity contribution in [2.75, 3.05) is 6.54 Å². The van der Waals surface area contributed by atoms with E-state index >= 15 is 0 Å². The van der Waals surface area contributed by atoms with Gasteiger partial charge in [-0.1, -0.05) is 17.9 Å². The van der Waals surface area contributed by atoms with Crippen LogP contribution in [0.25, 0.3) is 0 Å². The molecule has 0 atom stereocenters. The lowest BCUT2D eigenvalue weighted by Gasteiger charge is -1.94. The standard InChI is InChI=1S/C9H7F2N/c10-8-4-1-5-9(11)7(8)3-2-6-12/h1,4-5H,6,12H2. The van der Waals surface area contributed by atoms with Crippen LogP contribution in [-0.4, -0.2) is 6.54 Å². The second-order valence-corrected chi connectivity index (χ2v) is 2.10. The predicted octanol–water partition coefficient (Wildman–Crippen LogP) is 1.28. The molecule has 1 aromatic rings. The molecule has 0 aromatic heterocycles. The Morgan fingerprint density at radius 3 is 2.33 bits per heavy atom. The van der Waals surface area contributed by atoms with Crippen LogP contribution in [0.15, 0.2) is 18.2 Å². The third-order valence-electron chi connectivity index (χ3n) is 1.28. The van der Waals surface area contributed by atoms with E-state index in [2.05, 4.69) is 11.8 Å². The van der Waals surface area contributed by atoms with E-state index in [0.717, 1.165) is 12.1 Å². The maximum Gasteiger partial charge on any atom is 0.141 e. The smallest absolute Gasteiger partial charge is 0.141 e. The number of rotatable bonds is 0. The highest BCUT2D eigenvalue weighted by molar-refractivity contribution is 5.36. The molecule has 0 heterocycles. The zero-order valence-corrected chi connectivity index (χ0v) is 6.27. The Kier molecular flexibility index (Phi) is 2.78. The monoisotopic (exact) mass is 167 g/mol. The van der Waals surface area contributed by atoms with E-state index in [4.69, 9.17) is 5.73 Å². The summed E-state index contributed by atoms with van der Waals surface area (Å²) in [6, 6.07) is 3.60. The van der Waals surface area contributed by atoms with E-state index in [-0.39, 0.29) is 12.1 Å². The van der Waals surface area contributed by atoms with Crippen LogP contribution >= 0.6 is 0 Å². The quantitative estimate of drug-likeness (QED) is 0.578. The molecule has 0 radical (unpaired) electrons. The Morgan fingerprint density at radius 1 is 1.25 bits per heavy atom. The fraction of sp³-hybridized carbons (Fsp3) is 0.111. The van der Waals surface area contributed by atoms with Gasteiger partial charge in [0.05, 0.1) is 12.1 Å². The molecule has 0 amide bonds. The van der Waals surface area contributed by atoms with Gasteiger partial charge in [0.1, 0.15) is 11.6 Å². The molecular formula is C9H7F2N. The van der Waals surface area contributed by atoms with Crippen molar-refractivity contribution in [2.24, 2.45) is 5.73 Å². The zero-order valence-electron chi connectivity index (χ0n) is 6.27. The van der Waals surface area contributed by atoms with Crippen molar-refractivity contribution in [3.8, 4) is 11.8 Å². The van der Waals surface area contributed by atoms with E-state index in [1.165, 1.54) is 6.07 Å². The van der Waals surface area contributed by atoms with E-state index in [1.807, 2.05) is 0 Å². The lowest BCUT2D eigenvalue weighted by molar-refractivity contribution is 0.577. The van der Waals surface area contributed by atoms with Gasteiger partial charge >= 0.3 is 0 Å². The van der Waals surface area contributed by atoms with Gasteiger partial charge < -0.3 is 5.73 Å². The number of hydrogen-bond acceptors (Lipinski definition) is 1. The number of hydrogen-bond donors (Lipinski definition) is 1. The van der Waals surface area contributed by atoms with Crippen LogP contribution in [0.4, 0.5) is 8.78 Å². The fourth-order valence-corrected chi connectivity index (χ4v) is 0.757. The lowest BCUT2D eigenvalue weighted by atomic mass is 10.2. The Bertz CT molecular complexity index is 316. The molecule has 0 aliphatic heterocycles. The summed E-state index contributed by atoms with van der Waals surface area (Å²) >= 11 is 0. The molecule has 0 saturated carbocycles. The van der Waals surface area contributed by atoms with Crippen LogP contribution in [0.2, 0.25) is 0 Å². The first-order chi connectivity index (χ1) is 5.75. The third-order valence-corrected chi connectivity index (χ3v) is 1.28. The highest BCUT2D eigenvalue weighted by atomic mass is 19.1. The molecule has 0 aliphatic rings. The Hall–Kier alpha value is -1.40. The molecule has 12 heavy (non-hydrogen) atoms. The number of nitrogens with two attached hydrogens (primary N) is 1. The second-order valence-electron chi connectivity index (χ2n) is 2.10. The number of halogens is 2. The van der Waals surface area contributed by atoms with Crippen LogP contribution in [0.3, 0.4) is 0 Å².